The molecule has 6 heteroatoms. The van der Waals surface area contributed by atoms with E-state index in [4.69, 9.17) is 9.72 Å². The van der Waals surface area contributed by atoms with Crippen LogP contribution in [0.5, 0.6) is 5.75 Å². The standard InChI is InChI=1S/C22H28N4O2/c1-16-5-2-3-7-20(16)28-12-9-21(27)26-11-8-19-18(15-26)14-24-22(25-19)17-6-4-10-23-13-17/h2-3,5,7,14,17,23H,4,6,8-13,15H2,1H3/t17-/m0/s1. The number of nitrogens with zero attached hydrogens (tertiary/aromatic N) is 3. The van der Waals surface area contributed by atoms with Gasteiger partial charge in [0, 0.05) is 43.7 Å². The fourth-order valence-corrected chi connectivity index (χ4v) is 3.94. The molecule has 0 bridgehead atoms. The van der Waals surface area contributed by atoms with Gasteiger partial charge < -0.3 is 15.0 Å². The number of aromatic nitrogens is 2. The summed E-state index contributed by atoms with van der Waals surface area (Å²) in [7, 11) is 0. The van der Waals surface area contributed by atoms with Crippen molar-refractivity contribution in [1.82, 2.24) is 20.2 Å². The third-order valence-corrected chi connectivity index (χ3v) is 5.63. The van der Waals surface area contributed by atoms with Gasteiger partial charge in [-0.3, -0.25) is 4.79 Å². The van der Waals surface area contributed by atoms with Gasteiger partial charge in [0.15, 0.2) is 0 Å². The molecule has 0 radical (unpaired) electrons. The second kappa shape index (κ2) is 8.69. The first kappa shape index (κ1) is 18.9. The highest BCUT2D eigenvalue weighted by molar-refractivity contribution is 5.76. The number of rotatable bonds is 5. The van der Waals surface area contributed by atoms with Crippen LogP contribution in [0.25, 0.3) is 0 Å². The number of carbonyl (C=O) groups excluding carboxylic acids is 1. The third kappa shape index (κ3) is 4.33. The van der Waals surface area contributed by atoms with Crippen LogP contribution in [0.15, 0.2) is 30.5 Å². The first-order chi connectivity index (χ1) is 13.7. The van der Waals surface area contributed by atoms with Crippen LogP contribution >= 0.6 is 0 Å². The van der Waals surface area contributed by atoms with Gasteiger partial charge >= 0.3 is 0 Å². The van der Waals surface area contributed by atoms with Gasteiger partial charge in [-0.2, -0.15) is 0 Å². The molecule has 3 heterocycles. The van der Waals surface area contributed by atoms with Crippen molar-refractivity contribution in [3.05, 3.63) is 53.1 Å². The molecule has 0 unspecified atom stereocenters. The van der Waals surface area contributed by atoms with Gasteiger partial charge in [-0.25, -0.2) is 9.97 Å². The number of fused-ring (bicyclic) bond motifs is 1. The average Bonchev–Trinajstić information content (AvgIpc) is 2.75. The van der Waals surface area contributed by atoms with E-state index >= 15 is 0 Å². The summed E-state index contributed by atoms with van der Waals surface area (Å²) in [5.74, 6) is 2.34. The number of piperidine rings is 1. The van der Waals surface area contributed by atoms with Crippen molar-refractivity contribution in [3.8, 4) is 5.75 Å². The number of ether oxygens (including phenoxy) is 1. The smallest absolute Gasteiger partial charge is 0.226 e. The minimum atomic E-state index is 0.125. The first-order valence-electron chi connectivity index (χ1n) is 10.2. The lowest BCUT2D eigenvalue weighted by Gasteiger charge is -2.29. The summed E-state index contributed by atoms with van der Waals surface area (Å²) in [5.41, 5.74) is 3.27. The van der Waals surface area contributed by atoms with Gasteiger partial charge in [-0.1, -0.05) is 18.2 Å². The van der Waals surface area contributed by atoms with E-state index in [1.54, 1.807) is 0 Å². The fraction of sp³-hybridized carbons (Fsp3) is 0.500. The molecule has 0 saturated carbocycles. The molecule has 28 heavy (non-hydrogen) atoms. The summed E-state index contributed by atoms with van der Waals surface area (Å²) in [5, 5.41) is 3.43. The molecule has 1 amide bonds. The number of amides is 1. The van der Waals surface area contributed by atoms with E-state index in [1.165, 1.54) is 6.42 Å². The summed E-state index contributed by atoms with van der Waals surface area (Å²) < 4.78 is 5.77. The highest BCUT2D eigenvalue weighted by atomic mass is 16.5. The zero-order valence-electron chi connectivity index (χ0n) is 16.5. The van der Waals surface area contributed by atoms with Crippen molar-refractivity contribution in [2.24, 2.45) is 0 Å². The van der Waals surface area contributed by atoms with E-state index in [9.17, 15) is 4.79 Å². The molecule has 148 valence electrons. The number of nitrogens with one attached hydrogen (secondary N) is 1. The van der Waals surface area contributed by atoms with Crippen LogP contribution in [0.3, 0.4) is 0 Å². The van der Waals surface area contributed by atoms with E-state index in [-0.39, 0.29) is 5.91 Å². The van der Waals surface area contributed by atoms with Gasteiger partial charge in [0.1, 0.15) is 11.6 Å². The Morgan fingerprint density at radius 2 is 2.25 bits per heavy atom. The number of aryl methyl sites for hydroxylation is 1. The van der Waals surface area contributed by atoms with Crippen molar-refractivity contribution in [3.63, 3.8) is 0 Å². The lowest BCUT2D eigenvalue weighted by Crippen LogP contribution is -2.37. The molecule has 6 nitrogen and oxygen atoms in total. The topological polar surface area (TPSA) is 67.3 Å². The molecule has 1 aromatic carbocycles. The van der Waals surface area contributed by atoms with E-state index in [0.29, 0.717) is 25.5 Å². The summed E-state index contributed by atoms with van der Waals surface area (Å²) in [6, 6.07) is 7.88. The molecule has 1 atom stereocenters. The quantitative estimate of drug-likeness (QED) is 0.864. The molecule has 2 aromatic rings. The zero-order valence-corrected chi connectivity index (χ0v) is 16.5. The van der Waals surface area contributed by atoms with Crippen LogP contribution in [0.2, 0.25) is 0 Å². The van der Waals surface area contributed by atoms with Crippen LogP contribution in [-0.2, 0) is 17.8 Å². The SMILES string of the molecule is Cc1ccccc1OCCC(=O)N1CCc2nc([C@H]3CCCNC3)ncc2C1. The Bertz CT molecular complexity index is 833. The molecule has 2 aliphatic heterocycles. The van der Waals surface area contributed by atoms with Crippen LogP contribution in [0.4, 0.5) is 0 Å². The second-order valence-electron chi connectivity index (χ2n) is 7.67. The summed E-state index contributed by atoms with van der Waals surface area (Å²) in [4.78, 5) is 23.9. The van der Waals surface area contributed by atoms with Gasteiger partial charge in [-0.05, 0) is 37.9 Å². The molecule has 0 spiro atoms. The Morgan fingerprint density at radius 3 is 3.07 bits per heavy atom. The van der Waals surface area contributed by atoms with Crippen molar-refractivity contribution in [2.75, 3.05) is 26.2 Å². The molecule has 4 rings (SSSR count). The fourth-order valence-electron chi connectivity index (χ4n) is 3.94. The van der Waals surface area contributed by atoms with Crippen LogP contribution < -0.4 is 10.1 Å². The predicted molar refractivity (Wildman–Crippen MR) is 107 cm³/mol. The molecule has 0 aliphatic carbocycles. The summed E-state index contributed by atoms with van der Waals surface area (Å²) >= 11 is 0. The lowest BCUT2D eigenvalue weighted by atomic mass is 9.98. The minimum Gasteiger partial charge on any atom is -0.493 e. The maximum absolute atomic E-state index is 12.6. The number of hydrogen-bond donors (Lipinski definition) is 1. The van der Waals surface area contributed by atoms with E-state index < -0.39 is 0 Å². The Morgan fingerprint density at radius 1 is 1.36 bits per heavy atom. The largest absolute Gasteiger partial charge is 0.493 e. The van der Waals surface area contributed by atoms with Crippen LogP contribution in [-0.4, -0.2) is 47.0 Å². The normalized spacial score (nSPS) is 19.2. The number of carbonyl (C=O) groups is 1. The van der Waals surface area contributed by atoms with E-state index in [1.807, 2.05) is 42.3 Å². The monoisotopic (exact) mass is 380 g/mol. The molecule has 1 N–H and O–H groups in total. The van der Waals surface area contributed by atoms with E-state index in [2.05, 4.69) is 10.3 Å². The van der Waals surface area contributed by atoms with Crippen LogP contribution in [0, 0.1) is 6.92 Å². The molecule has 1 aromatic heterocycles. The molecular formula is C22H28N4O2. The van der Waals surface area contributed by atoms with Gasteiger partial charge in [-0.15, -0.1) is 0 Å². The Balaban J connectivity index is 1.32. The summed E-state index contributed by atoms with van der Waals surface area (Å²) in [6.07, 6.45) is 5.44. The lowest BCUT2D eigenvalue weighted by molar-refractivity contribution is -0.132. The van der Waals surface area contributed by atoms with Crippen molar-refractivity contribution in [2.45, 2.75) is 45.1 Å². The number of benzene rings is 1. The van der Waals surface area contributed by atoms with E-state index in [0.717, 1.165) is 60.9 Å². The van der Waals surface area contributed by atoms with Crippen molar-refractivity contribution < 1.29 is 9.53 Å². The van der Waals surface area contributed by atoms with Gasteiger partial charge in [0.2, 0.25) is 5.91 Å². The van der Waals surface area contributed by atoms with Gasteiger partial charge in [0.25, 0.3) is 0 Å². The Kier molecular flexibility index (Phi) is 5.86. The maximum atomic E-state index is 12.6. The molecule has 2 aliphatic rings. The molecule has 1 saturated heterocycles. The third-order valence-electron chi connectivity index (χ3n) is 5.63. The van der Waals surface area contributed by atoms with Crippen molar-refractivity contribution >= 4 is 5.91 Å². The maximum Gasteiger partial charge on any atom is 0.226 e. The highest BCUT2D eigenvalue weighted by Gasteiger charge is 2.24. The minimum absolute atomic E-state index is 0.125. The molecular weight excluding hydrogens is 352 g/mol. The average molecular weight is 380 g/mol. The number of hydrogen-bond acceptors (Lipinski definition) is 5. The predicted octanol–water partition coefficient (Wildman–Crippen LogP) is 2.61. The zero-order chi connectivity index (χ0) is 19.3. The van der Waals surface area contributed by atoms with Crippen LogP contribution in [0.1, 0.15) is 47.8 Å². The van der Waals surface area contributed by atoms with Gasteiger partial charge in [0.05, 0.1) is 18.7 Å². The highest BCUT2D eigenvalue weighted by Crippen LogP contribution is 2.23. The Hall–Kier alpha value is -2.47. The first-order valence-corrected chi connectivity index (χ1v) is 10.2. The number of para-hydroxylation sites is 1. The molecule has 1 fully saturated rings. The summed E-state index contributed by atoms with van der Waals surface area (Å²) in [6.45, 7) is 5.78. The Labute approximate surface area is 166 Å². The van der Waals surface area contributed by atoms with Crippen molar-refractivity contribution in [1.29, 1.82) is 0 Å². The second-order valence-corrected chi connectivity index (χ2v) is 7.67.